The molecule has 0 bridgehead atoms. The summed E-state index contributed by atoms with van der Waals surface area (Å²) in [6.07, 6.45) is 7.93. The van der Waals surface area contributed by atoms with Gasteiger partial charge in [0.1, 0.15) is 6.54 Å². The predicted octanol–water partition coefficient (Wildman–Crippen LogP) is 2.53. The average Bonchev–Trinajstić information content (AvgIpc) is 3.13. The summed E-state index contributed by atoms with van der Waals surface area (Å²) >= 11 is 0. The number of piperidine rings is 1. The number of aromatic nitrogens is 3. The van der Waals surface area contributed by atoms with E-state index in [4.69, 9.17) is 0 Å². The fourth-order valence-corrected chi connectivity index (χ4v) is 4.26. The highest BCUT2D eigenvalue weighted by Gasteiger charge is 2.37. The fourth-order valence-electron chi connectivity index (χ4n) is 4.26. The van der Waals surface area contributed by atoms with Crippen molar-refractivity contribution in [2.24, 2.45) is 5.92 Å². The second-order valence-electron chi connectivity index (χ2n) is 6.61. The Bertz CT molecular complexity index is 708. The third-order valence-corrected chi connectivity index (χ3v) is 5.29. The molecule has 1 aliphatic carbocycles. The molecular formula is C17H22N4O. The zero-order chi connectivity index (χ0) is 15.1. The quantitative estimate of drug-likeness (QED) is 0.856. The van der Waals surface area contributed by atoms with Crippen LogP contribution >= 0.6 is 0 Å². The lowest BCUT2D eigenvalue weighted by atomic mass is 9.92. The van der Waals surface area contributed by atoms with Gasteiger partial charge in [-0.05, 0) is 50.7 Å². The number of hydrogen-bond donors (Lipinski definition) is 0. The molecule has 22 heavy (non-hydrogen) atoms. The van der Waals surface area contributed by atoms with Gasteiger partial charge in [0.25, 0.3) is 0 Å². The Morgan fingerprint density at radius 1 is 1.32 bits per heavy atom. The molecule has 0 radical (unpaired) electrons. The van der Waals surface area contributed by atoms with Gasteiger partial charge in [-0.3, -0.25) is 4.79 Å². The minimum Gasteiger partial charge on any atom is -0.338 e. The van der Waals surface area contributed by atoms with Gasteiger partial charge in [-0.25, -0.2) is 9.67 Å². The maximum absolute atomic E-state index is 12.8. The van der Waals surface area contributed by atoms with Gasteiger partial charge in [-0.15, -0.1) is 0 Å². The molecule has 0 spiro atoms. The van der Waals surface area contributed by atoms with E-state index in [1.54, 1.807) is 10.9 Å². The van der Waals surface area contributed by atoms with E-state index in [9.17, 15) is 4.79 Å². The molecule has 3 heterocycles. The number of rotatable bonds is 2. The third kappa shape index (κ3) is 2.19. The van der Waals surface area contributed by atoms with E-state index < -0.39 is 0 Å². The summed E-state index contributed by atoms with van der Waals surface area (Å²) in [5.41, 5.74) is 1.75. The van der Waals surface area contributed by atoms with Gasteiger partial charge in [0.2, 0.25) is 5.91 Å². The van der Waals surface area contributed by atoms with E-state index in [0.717, 1.165) is 35.6 Å². The molecule has 2 aliphatic rings. The molecule has 1 aliphatic heterocycles. The van der Waals surface area contributed by atoms with Gasteiger partial charge in [0.05, 0.1) is 5.69 Å². The predicted molar refractivity (Wildman–Crippen MR) is 84.3 cm³/mol. The van der Waals surface area contributed by atoms with Gasteiger partial charge >= 0.3 is 0 Å². The summed E-state index contributed by atoms with van der Waals surface area (Å²) in [4.78, 5) is 19.3. The van der Waals surface area contributed by atoms with Crippen LogP contribution in [-0.2, 0) is 11.3 Å². The molecule has 5 heteroatoms. The van der Waals surface area contributed by atoms with Crippen molar-refractivity contribution in [1.29, 1.82) is 0 Å². The zero-order valence-electron chi connectivity index (χ0n) is 13.0. The third-order valence-electron chi connectivity index (χ3n) is 5.29. The van der Waals surface area contributed by atoms with E-state index in [2.05, 4.69) is 15.0 Å². The molecule has 0 N–H and O–H groups in total. The Balaban J connectivity index is 1.58. The van der Waals surface area contributed by atoms with Crippen LogP contribution in [0.25, 0.3) is 11.0 Å². The van der Waals surface area contributed by atoms with Crippen molar-refractivity contribution in [2.45, 2.75) is 51.6 Å². The Hall–Kier alpha value is -1.91. The van der Waals surface area contributed by atoms with Crippen LogP contribution < -0.4 is 0 Å². The lowest BCUT2D eigenvalue weighted by Gasteiger charge is -2.37. The number of likely N-dealkylation sites (tertiary alicyclic amines) is 1. The molecule has 1 saturated carbocycles. The molecule has 2 fully saturated rings. The van der Waals surface area contributed by atoms with Crippen molar-refractivity contribution in [3.05, 3.63) is 24.0 Å². The van der Waals surface area contributed by atoms with Gasteiger partial charge in [-0.1, -0.05) is 6.42 Å². The van der Waals surface area contributed by atoms with Crippen molar-refractivity contribution >= 4 is 16.9 Å². The summed E-state index contributed by atoms with van der Waals surface area (Å²) in [6.45, 7) is 3.19. The number of aryl methyl sites for hydroxylation is 1. The van der Waals surface area contributed by atoms with Crippen LogP contribution in [0.3, 0.4) is 0 Å². The average molecular weight is 298 g/mol. The molecular weight excluding hydrogens is 276 g/mol. The second-order valence-corrected chi connectivity index (χ2v) is 6.61. The highest BCUT2D eigenvalue weighted by atomic mass is 16.2. The highest BCUT2D eigenvalue weighted by Crippen LogP contribution is 2.36. The number of carbonyl (C=O) groups excluding carboxylic acids is 1. The van der Waals surface area contributed by atoms with Crippen LogP contribution in [0.4, 0.5) is 0 Å². The van der Waals surface area contributed by atoms with Crippen LogP contribution in [0.15, 0.2) is 18.3 Å². The summed E-state index contributed by atoms with van der Waals surface area (Å²) in [7, 11) is 0. The van der Waals surface area contributed by atoms with Gasteiger partial charge in [-0.2, -0.15) is 5.10 Å². The van der Waals surface area contributed by atoms with Crippen molar-refractivity contribution in [3.8, 4) is 0 Å². The summed E-state index contributed by atoms with van der Waals surface area (Å²) < 4.78 is 1.77. The maximum Gasteiger partial charge on any atom is 0.244 e. The van der Waals surface area contributed by atoms with Crippen molar-refractivity contribution < 1.29 is 4.79 Å². The number of carbonyl (C=O) groups is 1. The minimum atomic E-state index is 0.201. The van der Waals surface area contributed by atoms with Crippen LogP contribution in [-0.4, -0.2) is 38.2 Å². The minimum absolute atomic E-state index is 0.201. The Labute approximate surface area is 130 Å². The van der Waals surface area contributed by atoms with Crippen LogP contribution in [0, 0.1) is 12.8 Å². The van der Waals surface area contributed by atoms with Gasteiger partial charge in [0.15, 0.2) is 5.65 Å². The molecule has 2 atom stereocenters. The number of hydrogen-bond acceptors (Lipinski definition) is 3. The zero-order valence-corrected chi connectivity index (χ0v) is 13.0. The molecule has 0 aromatic carbocycles. The number of fused-ring (bicyclic) bond motifs is 2. The van der Waals surface area contributed by atoms with Crippen LogP contribution in [0.1, 0.15) is 37.8 Å². The fraction of sp³-hybridized carbons (Fsp3) is 0.588. The number of pyridine rings is 1. The monoisotopic (exact) mass is 298 g/mol. The van der Waals surface area contributed by atoms with E-state index in [1.165, 1.54) is 25.7 Å². The Kier molecular flexibility index (Phi) is 3.36. The molecule has 2 unspecified atom stereocenters. The van der Waals surface area contributed by atoms with Crippen LogP contribution in [0.2, 0.25) is 0 Å². The van der Waals surface area contributed by atoms with Crippen molar-refractivity contribution in [2.75, 3.05) is 6.54 Å². The lowest BCUT2D eigenvalue weighted by molar-refractivity contribution is -0.136. The molecule has 5 nitrogen and oxygen atoms in total. The first kappa shape index (κ1) is 13.7. The normalized spacial score (nSPS) is 24.7. The molecule has 2 aromatic rings. The first-order chi connectivity index (χ1) is 10.7. The largest absolute Gasteiger partial charge is 0.338 e. The molecule has 1 amide bonds. The lowest BCUT2D eigenvalue weighted by Crippen LogP contribution is -2.47. The second kappa shape index (κ2) is 5.38. The Morgan fingerprint density at radius 2 is 2.18 bits per heavy atom. The number of nitrogens with zero attached hydrogens (tertiary/aromatic N) is 4. The topological polar surface area (TPSA) is 51.0 Å². The first-order valence-corrected chi connectivity index (χ1v) is 8.31. The highest BCUT2D eigenvalue weighted by molar-refractivity contribution is 5.81. The summed E-state index contributed by atoms with van der Waals surface area (Å²) in [6, 6.07) is 4.40. The van der Waals surface area contributed by atoms with E-state index in [0.29, 0.717) is 12.6 Å². The maximum atomic E-state index is 12.8. The molecule has 1 saturated heterocycles. The summed E-state index contributed by atoms with van der Waals surface area (Å²) in [5, 5.41) is 5.55. The van der Waals surface area contributed by atoms with E-state index >= 15 is 0 Å². The molecule has 2 aromatic heterocycles. The van der Waals surface area contributed by atoms with Crippen molar-refractivity contribution in [3.63, 3.8) is 0 Å². The van der Waals surface area contributed by atoms with Gasteiger partial charge < -0.3 is 4.90 Å². The van der Waals surface area contributed by atoms with E-state index in [-0.39, 0.29) is 5.91 Å². The number of amides is 1. The SMILES string of the molecule is Cc1nn(CC(=O)N2CCCC3CCCC32)c2ncccc12. The summed E-state index contributed by atoms with van der Waals surface area (Å²) in [5.74, 6) is 0.929. The van der Waals surface area contributed by atoms with Crippen molar-refractivity contribution in [1.82, 2.24) is 19.7 Å². The van der Waals surface area contributed by atoms with Gasteiger partial charge in [0, 0.05) is 24.2 Å². The standard InChI is InChI=1S/C17H22N4O/c1-12-14-7-3-9-18-17(14)21(19-12)11-16(22)20-10-4-6-13-5-2-8-15(13)20/h3,7,9,13,15H,2,4-6,8,10-11H2,1H3. The smallest absolute Gasteiger partial charge is 0.244 e. The molecule has 4 rings (SSSR count). The van der Waals surface area contributed by atoms with Crippen LogP contribution in [0.5, 0.6) is 0 Å². The Morgan fingerprint density at radius 3 is 3.09 bits per heavy atom. The first-order valence-electron chi connectivity index (χ1n) is 8.31. The molecule has 116 valence electrons. The van der Waals surface area contributed by atoms with E-state index in [1.807, 2.05) is 19.1 Å².